The van der Waals surface area contributed by atoms with Crippen molar-refractivity contribution < 1.29 is 0 Å². The standard InChI is InChI=1S/C27H30ClN3/c1-17(2)23-9-7-10-24(18(3)4)27(23)30-20(6)26-12-8-11-25(31-26)19(5)29-22-15-13-21(28)14-16-22/h7-18H,1-6H3. The summed E-state index contributed by atoms with van der Waals surface area (Å²) in [5, 5.41) is 0.700. The summed E-state index contributed by atoms with van der Waals surface area (Å²) in [5.41, 5.74) is 7.90. The number of nitrogens with zero attached hydrogens (tertiary/aromatic N) is 3. The zero-order chi connectivity index (χ0) is 22.5. The zero-order valence-corrected chi connectivity index (χ0v) is 19.9. The monoisotopic (exact) mass is 431 g/mol. The third kappa shape index (κ3) is 5.68. The number of rotatable bonds is 6. The van der Waals surface area contributed by atoms with Gasteiger partial charge in [-0.3, -0.25) is 9.98 Å². The molecule has 0 saturated carbocycles. The lowest BCUT2D eigenvalue weighted by Gasteiger charge is -2.17. The van der Waals surface area contributed by atoms with E-state index in [9.17, 15) is 0 Å². The molecule has 0 radical (unpaired) electrons. The molecule has 0 aliphatic heterocycles. The lowest BCUT2D eigenvalue weighted by molar-refractivity contribution is 0.834. The molecule has 0 aliphatic carbocycles. The first-order valence-electron chi connectivity index (χ1n) is 10.7. The summed E-state index contributed by atoms with van der Waals surface area (Å²) in [7, 11) is 0. The van der Waals surface area contributed by atoms with Crippen molar-refractivity contribution >= 4 is 34.4 Å². The number of benzene rings is 2. The lowest BCUT2D eigenvalue weighted by Crippen LogP contribution is -2.05. The molecule has 0 N–H and O–H groups in total. The van der Waals surface area contributed by atoms with Crippen LogP contribution in [0.1, 0.15) is 75.9 Å². The Morgan fingerprint density at radius 2 is 1.19 bits per heavy atom. The maximum Gasteiger partial charge on any atom is 0.0849 e. The Bertz CT molecular complexity index is 1080. The minimum atomic E-state index is 0.401. The van der Waals surface area contributed by atoms with Crippen LogP contribution in [0.4, 0.5) is 11.4 Å². The molecule has 3 aromatic rings. The molecule has 0 unspecified atom stereocenters. The van der Waals surface area contributed by atoms with Crippen molar-refractivity contribution in [1.82, 2.24) is 4.98 Å². The molecule has 1 heterocycles. The largest absolute Gasteiger partial charge is 0.252 e. The highest BCUT2D eigenvalue weighted by atomic mass is 35.5. The van der Waals surface area contributed by atoms with E-state index in [0.29, 0.717) is 16.9 Å². The minimum Gasteiger partial charge on any atom is -0.252 e. The van der Waals surface area contributed by atoms with Crippen LogP contribution in [0.25, 0.3) is 0 Å². The van der Waals surface area contributed by atoms with Crippen LogP contribution in [-0.2, 0) is 0 Å². The molecule has 0 saturated heterocycles. The number of halogens is 1. The SMILES string of the molecule is CC(=Nc1ccc(Cl)cc1)c1cccc(C(C)=Nc2c(C(C)C)cccc2C(C)C)n1. The van der Waals surface area contributed by atoms with Crippen molar-refractivity contribution in [1.29, 1.82) is 0 Å². The van der Waals surface area contributed by atoms with Crippen LogP contribution in [0, 0.1) is 0 Å². The zero-order valence-electron chi connectivity index (χ0n) is 19.1. The first kappa shape index (κ1) is 22.9. The van der Waals surface area contributed by atoms with Gasteiger partial charge in [-0.05, 0) is 73.2 Å². The van der Waals surface area contributed by atoms with Gasteiger partial charge in [0.15, 0.2) is 0 Å². The van der Waals surface area contributed by atoms with Crippen molar-refractivity contribution in [2.24, 2.45) is 9.98 Å². The van der Waals surface area contributed by atoms with Crippen LogP contribution in [-0.4, -0.2) is 16.4 Å². The van der Waals surface area contributed by atoms with E-state index < -0.39 is 0 Å². The molecule has 0 atom stereocenters. The van der Waals surface area contributed by atoms with E-state index in [-0.39, 0.29) is 0 Å². The van der Waals surface area contributed by atoms with Gasteiger partial charge in [0.1, 0.15) is 0 Å². The number of hydrogen-bond acceptors (Lipinski definition) is 3. The van der Waals surface area contributed by atoms with Crippen LogP contribution in [0.2, 0.25) is 5.02 Å². The fraction of sp³-hybridized carbons (Fsp3) is 0.296. The van der Waals surface area contributed by atoms with Gasteiger partial charge in [-0.15, -0.1) is 0 Å². The number of pyridine rings is 1. The molecular formula is C27H30ClN3. The van der Waals surface area contributed by atoms with Gasteiger partial charge >= 0.3 is 0 Å². The summed E-state index contributed by atoms with van der Waals surface area (Å²) in [4.78, 5) is 14.6. The average Bonchev–Trinajstić information content (AvgIpc) is 2.75. The van der Waals surface area contributed by atoms with E-state index in [0.717, 1.165) is 34.2 Å². The third-order valence-electron chi connectivity index (χ3n) is 5.24. The van der Waals surface area contributed by atoms with E-state index in [1.165, 1.54) is 11.1 Å². The lowest BCUT2D eigenvalue weighted by atomic mass is 9.93. The van der Waals surface area contributed by atoms with Gasteiger partial charge in [-0.25, -0.2) is 4.98 Å². The summed E-state index contributed by atoms with van der Waals surface area (Å²) in [6.45, 7) is 12.8. The van der Waals surface area contributed by atoms with Gasteiger partial charge in [-0.2, -0.15) is 0 Å². The van der Waals surface area contributed by atoms with Crippen molar-refractivity contribution in [2.45, 2.75) is 53.4 Å². The quantitative estimate of drug-likeness (QED) is 0.362. The Balaban J connectivity index is 2.00. The second kappa shape index (κ2) is 10.0. The Hall–Kier alpha value is -2.78. The minimum absolute atomic E-state index is 0.401. The molecule has 0 bridgehead atoms. The van der Waals surface area contributed by atoms with Gasteiger partial charge in [0.25, 0.3) is 0 Å². The number of hydrogen-bond donors (Lipinski definition) is 0. The van der Waals surface area contributed by atoms with Gasteiger partial charge in [0.05, 0.1) is 34.2 Å². The third-order valence-corrected chi connectivity index (χ3v) is 5.49. The summed E-state index contributed by atoms with van der Waals surface area (Å²) < 4.78 is 0. The van der Waals surface area contributed by atoms with Crippen LogP contribution in [0.3, 0.4) is 0 Å². The van der Waals surface area contributed by atoms with E-state index in [2.05, 4.69) is 50.9 Å². The van der Waals surface area contributed by atoms with Crippen molar-refractivity contribution in [2.75, 3.05) is 0 Å². The maximum absolute atomic E-state index is 5.97. The van der Waals surface area contributed by atoms with Crippen LogP contribution in [0.5, 0.6) is 0 Å². The average molecular weight is 432 g/mol. The van der Waals surface area contributed by atoms with E-state index >= 15 is 0 Å². The second-order valence-corrected chi connectivity index (χ2v) is 8.81. The molecule has 0 aliphatic rings. The molecule has 31 heavy (non-hydrogen) atoms. The summed E-state index contributed by atoms with van der Waals surface area (Å²) >= 11 is 5.97. The van der Waals surface area contributed by atoms with Crippen LogP contribution < -0.4 is 0 Å². The number of aromatic nitrogens is 1. The fourth-order valence-electron chi connectivity index (χ4n) is 3.47. The molecular weight excluding hydrogens is 402 g/mol. The van der Waals surface area contributed by atoms with Crippen LogP contribution >= 0.6 is 11.6 Å². The molecule has 2 aromatic carbocycles. The summed E-state index contributed by atoms with van der Waals surface area (Å²) in [6.07, 6.45) is 0. The molecule has 160 valence electrons. The van der Waals surface area contributed by atoms with Gasteiger partial charge in [0, 0.05) is 5.02 Å². The smallest absolute Gasteiger partial charge is 0.0849 e. The van der Waals surface area contributed by atoms with E-state index in [1.54, 1.807) is 0 Å². The normalized spacial score (nSPS) is 12.7. The molecule has 0 fully saturated rings. The predicted molar refractivity (Wildman–Crippen MR) is 134 cm³/mol. The second-order valence-electron chi connectivity index (χ2n) is 8.37. The van der Waals surface area contributed by atoms with Gasteiger partial charge in [0.2, 0.25) is 0 Å². The molecule has 3 nitrogen and oxygen atoms in total. The predicted octanol–water partition coefficient (Wildman–Crippen LogP) is 8.26. The van der Waals surface area contributed by atoms with E-state index in [4.69, 9.17) is 21.6 Å². The maximum atomic E-state index is 5.97. The van der Waals surface area contributed by atoms with Crippen molar-refractivity contribution in [3.05, 3.63) is 88.2 Å². The molecule has 1 aromatic heterocycles. The topological polar surface area (TPSA) is 37.6 Å². The van der Waals surface area contributed by atoms with Crippen LogP contribution in [0.15, 0.2) is 70.6 Å². The molecule has 3 rings (SSSR count). The van der Waals surface area contributed by atoms with Gasteiger partial charge in [-0.1, -0.05) is 63.6 Å². The molecule has 4 heteroatoms. The number of aliphatic imine (C=N–C) groups is 2. The van der Waals surface area contributed by atoms with Crippen molar-refractivity contribution in [3.63, 3.8) is 0 Å². The van der Waals surface area contributed by atoms with Gasteiger partial charge < -0.3 is 0 Å². The fourth-order valence-corrected chi connectivity index (χ4v) is 3.60. The summed E-state index contributed by atoms with van der Waals surface area (Å²) in [6, 6.07) is 20.0. The summed E-state index contributed by atoms with van der Waals surface area (Å²) in [5.74, 6) is 0.802. The highest BCUT2D eigenvalue weighted by molar-refractivity contribution is 6.30. The van der Waals surface area contributed by atoms with Crippen molar-refractivity contribution in [3.8, 4) is 0 Å². The number of para-hydroxylation sites is 1. The van der Waals surface area contributed by atoms with E-state index in [1.807, 2.05) is 56.3 Å². The molecule has 0 spiro atoms. The highest BCUT2D eigenvalue weighted by Gasteiger charge is 2.14. The first-order valence-corrected chi connectivity index (χ1v) is 11.1. The Morgan fingerprint density at radius 1 is 0.710 bits per heavy atom. The Kier molecular flexibility index (Phi) is 7.40. The Labute approximate surface area is 191 Å². The Morgan fingerprint density at radius 3 is 1.71 bits per heavy atom. The first-order chi connectivity index (χ1) is 14.8. The highest BCUT2D eigenvalue weighted by Crippen LogP contribution is 2.35. The molecule has 0 amide bonds.